The van der Waals surface area contributed by atoms with Crippen LogP contribution in [-0.4, -0.2) is 23.1 Å². The number of anilines is 1. The van der Waals surface area contributed by atoms with Gasteiger partial charge in [-0.3, -0.25) is 0 Å². The zero-order chi connectivity index (χ0) is 13.2. The van der Waals surface area contributed by atoms with Gasteiger partial charge < -0.3 is 10.1 Å². The van der Waals surface area contributed by atoms with Crippen LogP contribution in [0.4, 0.5) is 5.82 Å². The van der Waals surface area contributed by atoms with Crippen molar-refractivity contribution in [3.8, 4) is 10.7 Å². The number of ether oxygens (including phenoxy) is 1. The largest absolute Gasteiger partial charge is 0.376 e. The summed E-state index contributed by atoms with van der Waals surface area (Å²) in [5.41, 5.74) is 3.48. The topological polar surface area (TPSA) is 47.0 Å². The molecule has 0 amide bonds. The van der Waals surface area contributed by atoms with Gasteiger partial charge in [-0.05, 0) is 30.9 Å². The molecule has 2 aromatic rings. The van der Waals surface area contributed by atoms with Crippen molar-refractivity contribution in [2.24, 2.45) is 0 Å². The Morgan fingerprint density at radius 1 is 1.42 bits per heavy atom. The van der Waals surface area contributed by atoms with E-state index in [1.807, 2.05) is 0 Å². The van der Waals surface area contributed by atoms with Crippen molar-refractivity contribution in [1.82, 2.24) is 9.97 Å². The molecule has 0 bridgehead atoms. The predicted octanol–water partition coefficient (Wildman–Crippen LogP) is 3.02. The Labute approximate surface area is 116 Å². The fourth-order valence-corrected chi connectivity index (χ4v) is 3.11. The van der Waals surface area contributed by atoms with Gasteiger partial charge in [0.25, 0.3) is 0 Å². The number of thiophene rings is 1. The van der Waals surface area contributed by atoms with Crippen LogP contribution in [0.25, 0.3) is 10.7 Å². The highest BCUT2D eigenvalue weighted by molar-refractivity contribution is 7.13. The average Bonchev–Trinajstić information content (AvgIpc) is 2.85. The van der Waals surface area contributed by atoms with Crippen LogP contribution in [0, 0.1) is 6.92 Å². The fraction of sp³-hybridized carbons (Fsp3) is 0.429. The van der Waals surface area contributed by atoms with Crippen molar-refractivity contribution >= 4 is 17.2 Å². The summed E-state index contributed by atoms with van der Waals surface area (Å²) in [6, 6.07) is 2.11. The van der Waals surface area contributed by atoms with Crippen LogP contribution in [0.15, 0.2) is 11.4 Å². The number of hydrogen-bond donors (Lipinski definition) is 1. The first-order valence-electron chi connectivity index (χ1n) is 6.55. The van der Waals surface area contributed by atoms with Gasteiger partial charge in [-0.1, -0.05) is 0 Å². The molecule has 3 heterocycles. The SMILES string of the molecule is CCNc1nc(-c2sccc2C)nc2c1COCC2. The molecule has 0 radical (unpaired) electrons. The molecule has 0 unspecified atom stereocenters. The Kier molecular flexibility index (Phi) is 3.48. The van der Waals surface area contributed by atoms with Crippen LogP contribution in [0.3, 0.4) is 0 Å². The third kappa shape index (κ3) is 2.35. The summed E-state index contributed by atoms with van der Waals surface area (Å²) in [6.07, 6.45) is 0.869. The van der Waals surface area contributed by atoms with E-state index in [2.05, 4.69) is 35.6 Å². The Bertz CT molecular complexity index is 594. The molecule has 0 aliphatic carbocycles. The molecule has 1 aliphatic heterocycles. The van der Waals surface area contributed by atoms with Gasteiger partial charge >= 0.3 is 0 Å². The normalized spacial score (nSPS) is 14.2. The molecule has 0 atom stereocenters. The minimum atomic E-state index is 0.612. The van der Waals surface area contributed by atoms with Crippen molar-refractivity contribution < 1.29 is 4.74 Å². The maximum absolute atomic E-state index is 5.52. The van der Waals surface area contributed by atoms with E-state index in [1.165, 1.54) is 5.56 Å². The molecule has 0 aromatic carbocycles. The molecule has 19 heavy (non-hydrogen) atoms. The third-order valence-corrected chi connectivity index (χ3v) is 4.24. The second kappa shape index (κ2) is 5.27. The highest BCUT2D eigenvalue weighted by atomic mass is 32.1. The van der Waals surface area contributed by atoms with Crippen LogP contribution in [0.1, 0.15) is 23.7 Å². The lowest BCUT2D eigenvalue weighted by Crippen LogP contribution is -2.17. The second-order valence-electron chi connectivity index (χ2n) is 4.59. The van der Waals surface area contributed by atoms with Crippen molar-refractivity contribution in [1.29, 1.82) is 0 Å². The molecule has 1 aliphatic rings. The van der Waals surface area contributed by atoms with Gasteiger partial charge in [0, 0.05) is 18.5 Å². The fourth-order valence-electron chi connectivity index (χ4n) is 2.25. The number of aromatic nitrogens is 2. The van der Waals surface area contributed by atoms with E-state index in [0.717, 1.165) is 47.3 Å². The van der Waals surface area contributed by atoms with Crippen molar-refractivity contribution in [2.45, 2.75) is 26.9 Å². The van der Waals surface area contributed by atoms with Gasteiger partial charge in [-0.2, -0.15) is 0 Å². The predicted molar refractivity (Wildman–Crippen MR) is 77.6 cm³/mol. The molecule has 4 nitrogen and oxygen atoms in total. The molecular weight excluding hydrogens is 258 g/mol. The lowest BCUT2D eigenvalue weighted by atomic mass is 10.1. The number of nitrogens with zero attached hydrogens (tertiary/aromatic N) is 2. The summed E-state index contributed by atoms with van der Waals surface area (Å²) in [4.78, 5) is 10.6. The van der Waals surface area contributed by atoms with Gasteiger partial charge in [-0.15, -0.1) is 11.3 Å². The minimum Gasteiger partial charge on any atom is -0.376 e. The number of aryl methyl sites for hydroxylation is 1. The third-order valence-electron chi connectivity index (χ3n) is 3.23. The van der Waals surface area contributed by atoms with E-state index >= 15 is 0 Å². The zero-order valence-electron chi connectivity index (χ0n) is 11.2. The van der Waals surface area contributed by atoms with Gasteiger partial charge in [0.05, 0.1) is 23.8 Å². The summed E-state index contributed by atoms with van der Waals surface area (Å²) in [5.74, 6) is 1.76. The Morgan fingerprint density at radius 3 is 3.05 bits per heavy atom. The van der Waals surface area contributed by atoms with E-state index < -0.39 is 0 Å². The standard InChI is InChI=1S/C14H17N3OS/c1-3-15-13-10-8-18-6-4-11(10)16-14(17-13)12-9(2)5-7-19-12/h5,7H,3-4,6,8H2,1-2H3,(H,15,16,17). The first kappa shape index (κ1) is 12.6. The highest BCUT2D eigenvalue weighted by Gasteiger charge is 2.19. The molecule has 0 spiro atoms. The lowest BCUT2D eigenvalue weighted by Gasteiger charge is -2.19. The van der Waals surface area contributed by atoms with Crippen molar-refractivity contribution in [3.05, 3.63) is 28.3 Å². The molecule has 100 valence electrons. The molecule has 1 N–H and O–H groups in total. The van der Waals surface area contributed by atoms with Crippen LogP contribution in [0.2, 0.25) is 0 Å². The minimum absolute atomic E-state index is 0.612. The van der Waals surface area contributed by atoms with E-state index in [9.17, 15) is 0 Å². The Hall–Kier alpha value is -1.46. The summed E-state index contributed by atoms with van der Waals surface area (Å²) < 4.78 is 5.52. The lowest BCUT2D eigenvalue weighted by molar-refractivity contribution is 0.109. The average molecular weight is 275 g/mol. The smallest absolute Gasteiger partial charge is 0.172 e. The monoisotopic (exact) mass is 275 g/mol. The zero-order valence-corrected chi connectivity index (χ0v) is 12.0. The second-order valence-corrected chi connectivity index (χ2v) is 5.50. The van der Waals surface area contributed by atoms with Gasteiger partial charge in [0.2, 0.25) is 0 Å². The molecule has 0 fully saturated rings. The maximum Gasteiger partial charge on any atom is 0.172 e. The summed E-state index contributed by atoms with van der Waals surface area (Å²) in [7, 11) is 0. The number of hydrogen-bond acceptors (Lipinski definition) is 5. The number of rotatable bonds is 3. The number of nitrogens with one attached hydrogen (secondary N) is 1. The summed E-state index contributed by atoms with van der Waals surface area (Å²) in [5, 5.41) is 5.42. The van der Waals surface area contributed by atoms with Crippen LogP contribution in [-0.2, 0) is 17.8 Å². The van der Waals surface area contributed by atoms with E-state index in [0.29, 0.717) is 6.61 Å². The molecule has 0 saturated carbocycles. The van der Waals surface area contributed by atoms with Crippen molar-refractivity contribution in [2.75, 3.05) is 18.5 Å². The van der Waals surface area contributed by atoms with Gasteiger partial charge in [0.15, 0.2) is 5.82 Å². The maximum atomic E-state index is 5.52. The Balaban J connectivity index is 2.11. The molecule has 2 aromatic heterocycles. The summed E-state index contributed by atoms with van der Waals surface area (Å²) in [6.45, 7) is 6.39. The van der Waals surface area contributed by atoms with Gasteiger partial charge in [0.1, 0.15) is 5.82 Å². The highest BCUT2D eigenvalue weighted by Crippen LogP contribution is 2.30. The van der Waals surface area contributed by atoms with Crippen molar-refractivity contribution in [3.63, 3.8) is 0 Å². The number of fused-ring (bicyclic) bond motifs is 1. The van der Waals surface area contributed by atoms with E-state index in [4.69, 9.17) is 9.72 Å². The quantitative estimate of drug-likeness (QED) is 0.935. The van der Waals surface area contributed by atoms with Crippen LogP contribution in [0.5, 0.6) is 0 Å². The Morgan fingerprint density at radius 2 is 2.32 bits per heavy atom. The van der Waals surface area contributed by atoms with Gasteiger partial charge in [-0.25, -0.2) is 9.97 Å². The van der Waals surface area contributed by atoms with E-state index in [1.54, 1.807) is 11.3 Å². The molecular formula is C14H17N3OS. The molecule has 5 heteroatoms. The van der Waals surface area contributed by atoms with Crippen LogP contribution >= 0.6 is 11.3 Å². The molecule has 3 rings (SSSR count). The van der Waals surface area contributed by atoms with Crippen LogP contribution < -0.4 is 5.32 Å². The summed E-state index contributed by atoms with van der Waals surface area (Å²) >= 11 is 1.70. The molecule has 0 saturated heterocycles. The van der Waals surface area contributed by atoms with E-state index in [-0.39, 0.29) is 0 Å². The first-order valence-corrected chi connectivity index (χ1v) is 7.43. The first-order chi connectivity index (χ1) is 9.29.